The van der Waals surface area contributed by atoms with Gasteiger partial charge in [0, 0.05) is 28.3 Å². The number of hydrogen-bond acceptors (Lipinski definition) is 7. The molecule has 0 radical (unpaired) electrons. The summed E-state index contributed by atoms with van der Waals surface area (Å²) in [7, 11) is 1.48. The molecular weight excluding hydrogens is 452 g/mol. The number of pyridine rings is 1. The number of furan rings is 1. The Morgan fingerprint density at radius 2 is 2.09 bits per heavy atom. The molecule has 0 fully saturated rings. The van der Waals surface area contributed by atoms with Gasteiger partial charge in [-0.1, -0.05) is 23.4 Å². The van der Waals surface area contributed by atoms with Crippen LogP contribution in [0.1, 0.15) is 22.6 Å². The number of aromatic nitrogens is 1. The lowest BCUT2D eigenvalue weighted by molar-refractivity contribution is -0.121. The Morgan fingerprint density at radius 3 is 2.78 bits per heavy atom. The van der Waals surface area contributed by atoms with Crippen LogP contribution in [0, 0.1) is 18.3 Å². The molecule has 164 valence electrons. The van der Waals surface area contributed by atoms with Gasteiger partial charge in [0.15, 0.2) is 5.09 Å². The summed E-state index contributed by atoms with van der Waals surface area (Å²) in [6, 6.07) is 14.4. The molecule has 0 aliphatic heterocycles. The second kappa shape index (κ2) is 10.8. The first-order valence-corrected chi connectivity index (χ1v) is 10.6. The predicted octanol–water partition coefficient (Wildman–Crippen LogP) is 3.72. The summed E-state index contributed by atoms with van der Waals surface area (Å²) in [6.07, 6.45) is 1.36. The Bertz CT molecular complexity index is 1240. The van der Waals surface area contributed by atoms with E-state index >= 15 is 0 Å². The monoisotopic (exact) mass is 470 g/mol. The molecule has 0 spiro atoms. The van der Waals surface area contributed by atoms with Crippen LogP contribution in [0.4, 0.5) is 0 Å². The molecule has 1 aromatic carbocycles. The molecule has 0 bridgehead atoms. The lowest BCUT2D eigenvalue weighted by Gasteiger charge is -2.12. The summed E-state index contributed by atoms with van der Waals surface area (Å²) >= 11 is 7.30. The molecule has 0 unspecified atom stereocenters. The Morgan fingerprint density at radius 1 is 1.34 bits per heavy atom. The summed E-state index contributed by atoms with van der Waals surface area (Å²) in [6.45, 7) is 1.54. The van der Waals surface area contributed by atoms with E-state index in [1.54, 1.807) is 37.3 Å². The van der Waals surface area contributed by atoms with Crippen LogP contribution in [-0.4, -0.2) is 23.8 Å². The van der Waals surface area contributed by atoms with Gasteiger partial charge in [-0.2, -0.15) is 10.4 Å². The van der Waals surface area contributed by atoms with Crippen LogP contribution in [0.25, 0.3) is 0 Å². The van der Waals surface area contributed by atoms with Gasteiger partial charge in [-0.3, -0.25) is 9.59 Å². The van der Waals surface area contributed by atoms with Gasteiger partial charge in [0.05, 0.1) is 12.8 Å². The van der Waals surface area contributed by atoms with Gasteiger partial charge in [0.2, 0.25) is 0 Å². The molecule has 3 rings (SSSR count). The molecule has 8 nitrogen and oxygen atoms in total. The van der Waals surface area contributed by atoms with E-state index in [4.69, 9.17) is 20.8 Å². The maximum absolute atomic E-state index is 12.6. The fourth-order valence-electron chi connectivity index (χ4n) is 2.84. The number of hydrogen-bond donors (Lipinski definition) is 1. The van der Waals surface area contributed by atoms with Gasteiger partial charge >= 0.3 is 0 Å². The standard InChI is InChI=1S/C22H19ClN4O4S/c1-14-9-15(13-30-2)19(10-24)22(29)27(14)12-20(28)26-25-11-17-5-8-21(31-17)32-18-6-3-16(23)4-7-18/h3-9,11H,12-13H2,1-2H3,(H,26,28)/b25-11-. The van der Waals surface area contributed by atoms with Gasteiger partial charge in [-0.15, -0.1) is 0 Å². The van der Waals surface area contributed by atoms with Crippen molar-refractivity contribution in [2.45, 2.75) is 30.1 Å². The number of nitriles is 1. The van der Waals surface area contributed by atoms with E-state index in [2.05, 4.69) is 10.5 Å². The van der Waals surface area contributed by atoms with E-state index in [9.17, 15) is 14.9 Å². The van der Waals surface area contributed by atoms with Crippen LogP contribution < -0.4 is 11.0 Å². The van der Waals surface area contributed by atoms with Gasteiger partial charge in [0.25, 0.3) is 11.5 Å². The third-order valence-electron chi connectivity index (χ3n) is 4.32. The zero-order chi connectivity index (χ0) is 23.1. The average Bonchev–Trinajstić information content (AvgIpc) is 3.20. The number of hydrazone groups is 1. The SMILES string of the molecule is COCc1cc(C)n(CC(=O)N/N=C\c2ccc(Sc3ccc(Cl)cc3)o2)c(=O)c1C#N. The zero-order valence-electron chi connectivity index (χ0n) is 17.3. The molecule has 1 N–H and O–H groups in total. The lowest BCUT2D eigenvalue weighted by atomic mass is 10.1. The van der Waals surface area contributed by atoms with Crippen molar-refractivity contribution >= 4 is 35.5 Å². The Balaban J connectivity index is 1.62. The molecule has 10 heteroatoms. The Hall–Kier alpha value is -3.32. The molecule has 3 aromatic rings. The number of halogens is 1. The fourth-order valence-corrected chi connectivity index (χ4v) is 3.75. The highest BCUT2D eigenvalue weighted by Crippen LogP contribution is 2.29. The lowest BCUT2D eigenvalue weighted by Crippen LogP contribution is -2.33. The normalized spacial score (nSPS) is 10.9. The smallest absolute Gasteiger partial charge is 0.269 e. The highest BCUT2D eigenvalue weighted by atomic mass is 35.5. The molecule has 0 aliphatic rings. The van der Waals surface area contributed by atoms with Crippen LogP contribution in [0.5, 0.6) is 0 Å². The van der Waals surface area contributed by atoms with Gasteiger partial charge in [0.1, 0.15) is 23.9 Å². The van der Waals surface area contributed by atoms with Crippen molar-refractivity contribution in [1.82, 2.24) is 9.99 Å². The van der Waals surface area contributed by atoms with Crippen molar-refractivity contribution < 1.29 is 13.9 Å². The maximum Gasteiger partial charge on any atom is 0.269 e. The number of aryl methyl sites for hydroxylation is 1. The van der Waals surface area contributed by atoms with Gasteiger partial charge < -0.3 is 13.7 Å². The van der Waals surface area contributed by atoms with Crippen molar-refractivity contribution in [1.29, 1.82) is 5.26 Å². The van der Waals surface area contributed by atoms with E-state index in [0.29, 0.717) is 27.1 Å². The van der Waals surface area contributed by atoms with Crippen LogP contribution in [0.2, 0.25) is 5.02 Å². The maximum atomic E-state index is 12.6. The first-order valence-electron chi connectivity index (χ1n) is 9.38. The zero-order valence-corrected chi connectivity index (χ0v) is 18.9. The van der Waals surface area contributed by atoms with Crippen molar-refractivity contribution in [3.63, 3.8) is 0 Å². The summed E-state index contributed by atoms with van der Waals surface area (Å²) < 4.78 is 11.9. The number of nitrogens with one attached hydrogen (secondary N) is 1. The summed E-state index contributed by atoms with van der Waals surface area (Å²) in [4.78, 5) is 25.8. The molecule has 2 aromatic heterocycles. The largest absolute Gasteiger partial charge is 0.448 e. The minimum absolute atomic E-state index is 0.0462. The van der Waals surface area contributed by atoms with E-state index in [1.165, 1.54) is 29.7 Å². The fraction of sp³-hybridized carbons (Fsp3) is 0.182. The second-order valence-corrected chi connectivity index (χ2v) is 8.14. The third kappa shape index (κ3) is 5.88. The molecule has 0 saturated carbocycles. The number of rotatable bonds is 8. The quantitative estimate of drug-likeness (QED) is 0.397. The summed E-state index contributed by atoms with van der Waals surface area (Å²) in [5, 5.41) is 14.5. The van der Waals surface area contributed by atoms with Crippen LogP contribution in [0.15, 0.2) is 66.8 Å². The Kier molecular flexibility index (Phi) is 7.89. The van der Waals surface area contributed by atoms with Crippen LogP contribution in [0.3, 0.4) is 0 Å². The van der Waals surface area contributed by atoms with Crippen molar-refractivity contribution in [3.8, 4) is 6.07 Å². The minimum atomic E-state index is -0.548. The van der Waals surface area contributed by atoms with Gasteiger partial charge in [-0.25, -0.2) is 5.43 Å². The minimum Gasteiger partial charge on any atom is -0.448 e. The molecule has 1 amide bonds. The molecular formula is C22H19ClN4O4S. The van der Waals surface area contributed by atoms with E-state index < -0.39 is 11.5 Å². The second-order valence-electron chi connectivity index (χ2n) is 6.63. The number of nitrogens with zero attached hydrogens (tertiary/aromatic N) is 3. The van der Waals surface area contributed by atoms with Crippen molar-refractivity contribution in [2.24, 2.45) is 5.10 Å². The van der Waals surface area contributed by atoms with E-state index in [0.717, 1.165) is 4.90 Å². The number of carbonyl (C=O) groups is 1. The van der Waals surface area contributed by atoms with E-state index in [1.807, 2.05) is 18.2 Å². The highest BCUT2D eigenvalue weighted by Gasteiger charge is 2.14. The molecule has 0 atom stereocenters. The molecule has 0 saturated heterocycles. The Labute approximate surface area is 193 Å². The summed E-state index contributed by atoms with van der Waals surface area (Å²) in [5.41, 5.74) is 2.79. The first-order chi connectivity index (χ1) is 15.4. The topological polar surface area (TPSA) is 110 Å². The first kappa shape index (κ1) is 23.3. The molecule has 2 heterocycles. The average molecular weight is 471 g/mol. The summed E-state index contributed by atoms with van der Waals surface area (Å²) in [5.74, 6) is -0.0667. The molecule has 0 aliphatic carbocycles. The van der Waals surface area contributed by atoms with Crippen LogP contribution in [-0.2, 0) is 22.7 Å². The van der Waals surface area contributed by atoms with Crippen molar-refractivity contribution in [2.75, 3.05) is 7.11 Å². The highest BCUT2D eigenvalue weighted by molar-refractivity contribution is 7.99. The number of benzene rings is 1. The van der Waals surface area contributed by atoms with Crippen LogP contribution >= 0.6 is 23.4 Å². The molecule has 32 heavy (non-hydrogen) atoms. The predicted molar refractivity (Wildman–Crippen MR) is 121 cm³/mol. The van der Waals surface area contributed by atoms with Crippen molar-refractivity contribution in [3.05, 3.63) is 80.4 Å². The third-order valence-corrected chi connectivity index (χ3v) is 5.50. The number of carbonyl (C=O) groups excluding carboxylic acids is 1. The number of methoxy groups -OCH3 is 1. The number of amides is 1. The van der Waals surface area contributed by atoms with Gasteiger partial charge in [-0.05, 0) is 49.4 Å². The van der Waals surface area contributed by atoms with E-state index in [-0.39, 0.29) is 18.7 Å². The number of ether oxygens (including phenoxy) is 1.